The zero-order valence-electron chi connectivity index (χ0n) is 10.1. The molecule has 0 aromatic heterocycles. The fourth-order valence-electron chi connectivity index (χ4n) is 1.80. The molecule has 0 radical (unpaired) electrons. The van der Waals surface area contributed by atoms with E-state index in [0.717, 1.165) is 10.8 Å². The van der Waals surface area contributed by atoms with Gasteiger partial charge in [0.1, 0.15) is 0 Å². The van der Waals surface area contributed by atoms with E-state index in [1.165, 1.54) is 0 Å². The molecule has 2 rings (SSSR count). The normalized spacial score (nSPS) is 12.3. The minimum atomic E-state index is -0.725. The highest BCUT2D eigenvalue weighted by atomic mass is 16.5. The van der Waals surface area contributed by atoms with E-state index >= 15 is 0 Å². The van der Waals surface area contributed by atoms with Gasteiger partial charge < -0.3 is 15.6 Å². The second kappa shape index (κ2) is 4.96. The smallest absolute Gasteiger partial charge is 0.258 e. The fourth-order valence-corrected chi connectivity index (χ4v) is 1.80. The maximum Gasteiger partial charge on any atom is 0.258 e. The number of phenolic OH excluding ortho intramolecular Hbond substituents is 1. The van der Waals surface area contributed by atoms with E-state index in [1.54, 1.807) is 19.1 Å². The Morgan fingerprint density at radius 2 is 1.94 bits per heavy atom. The average Bonchev–Trinajstić information content (AvgIpc) is 2.35. The van der Waals surface area contributed by atoms with Crippen LogP contribution in [0, 0.1) is 0 Å². The molecule has 1 unspecified atom stereocenters. The molecule has 4 nitrogen and oxygen atoms in total. The Bertz CT molecular complexity index is 580. The average molecular weight is 245 g/mol. The number of hydrogen-bond acceptors (Lipinski definition) is 3. The number of phenols is 1. The molecular formula is C14H15NO3. The van der Waals surface area contributed by atoms with E-state index in [1.807, 2.05) is 24.3 Å². The number of aromatic hydroxyl groups is 1. The van der Waals surface area contributed by atoms with Crippen molar-refractivity contribution in [3.8, 4) is 11.5 Å². The largest absolute Gasteiger partial charge is 0.504 e. The summed E-state index contributed by atoms with van der Waals surface area (Å²) >= 11 is 0. The van der Waals surface area contributed by atoms with E-state index < -0.39 is 12.0 Å². The minimum absolute atomic E-state index is 0.00778. The summed E-state index contributed by atoms with van der Waals surface area (Å²) < 4.78 is 5.44. The molecule has 4 heteroatoms. The van der Waals surface area contributed by atoms with Crippen LogP contribution >= 0.6 is 0 Å². The molecule has 0 fully saturated rings. The van der Waals surface area contributed by atoms with Crippen molar-refractivity contribution in [2.24, 2.45) is 5.73 Å². The van der Waals surface area contributed by atoms with Crippen molar-refractivity contribution in [1.29, 1.82) is 0 Å². The number of nitrogens with two attached hydrogens (primary N) is 1. The number of carbonyl (C=O) groups excluding carboxylic acids is 1. The number of ether oxygens (including phenoxy) is 1. The number of rotatable bonds is 4. The molecule has 0 spiro atoms. The molecule has 0 aliphatic carbocycles. The van der Waals surface area contributed by atoms with Crippen LogP contribution in [0.4, 0.5) is 0 Å². The zero-order chi connectivity index (χ0) is 13.1. The monoisotopic (exact) mass is 245 g/mol. The standard InChI is InChI=1S/C14H15NO3/c1-2-12(14(15)17)18-13-8-10-6-4-3-5-9(10)7-11(13)16/h3-8,12,16H,2H2,1H3,(H2,15,17). The SMILES string of the molecule is CCC(Oc1cc2ccccc2cc1O)C(N)=O. The van der Waals surface area contributed by atoms with Gasteiger partial charge in [0.25, 0.3) is 5.91 Å². The predicted molar refractivity (Wildman–Crippen MR) is 69.5 cm³/mol. The molecule has 0 bridgehead atoms. The summed E-state index contributed by atoms with van der Waals surface area (Å²) in [5.41, 5.74) is 5.21. The van der Waals surface area contributed by atoms with E-state index in [4.69, 9.17) is 10.5 Å². The van der Waals surface area contributed by atoms with Gasteiger partial charge in [-0.25, -0.2) is 0 Å². The van der Waals surface area contributed by atoms with E-state index in [9.17, 15) is 9.90 Å². The summed E-state index contributed by atoms with van der Waals surface area (Å²) in [7, 11) is 0. The molecule has 0 aliphatic heterocycles. The number of carbonyl (C=O) groups is 1. The summed E-state index contributed by atoms with van der Waals surface area (Å²) in [4.78, 5) is 11.1. The van der Waals surface area contributed by atoms with E-state index in [2.05, 4.69) is 0 Å². The lowest BCUT2D eigenvalue weighted by molar-refractivity contribution is -0.124. The van der Waals surface area contributed by atoms with Crippen LogP contribution in [0.25, 0.3) is 10.8 Å². The predicted octanol–water partition coefficient (Wildman–Crippen LogP) is 2.19. The first-order chi connectivity index (χ1) is 8.61. The van der Waals surface area contributed by atoms with Crippen LogP contribution in [0.3, 0.4) is 0 Å². The van der Waals surface area contributed by atoms with Gasteiger partial charge in [0, 0.05) is 0 Å². The first kappa shape index (κ1) is 12.2. The van der Waals surface area contributed by atoms with Crippen molar-refractivity contribution in [3.63, 3.8) is 0 Å². The molecule has 0 aliphatic rings. The van der Waals surface area contributed by atoms with Crippen molar-refractivity contribution in [1.82, 2.24) is 0 Å². The van der Waals surface area contributed by atoms with Gasteiger partial charge in [-0.15, -0.1) is 0 Å². The van der Waals surface area contributed by atoms with Gasteiger partial charge >= 0.3 is 0 Å². The molecule has 0 saturated heterocycles. The van der Waals surface area contributed by atoms with Crippen molar-refractivity contribution in [3.05, 3.63) is 36.4 Å². The Labute approximate surface area is 105 Å². The third kappa shape index (κ3) is 2.37. The molecule has 0 saturated carbocycles. The molecule has 2 aromatic rings. The van der Waals surface area contributed by atoms with Crippen molar-refractivity contribution < 1.29 is 14.6 Å². The maximum absolute atomic E-state index is 11.1. The highest BCUT2D eigenvalue weighted by Crippen LogP contribution is 2.32. The lowest BCUT2D eigenvalue weighted by atomic mass is 10.1. The quantitative estimate of drug-likeness (QED) is 0.867. The molecular weight excluding hydrogens is 230 g/mol. The summed E-state index contributed by atoms with van der Waals surface area (Å²) in [5, 5.41) is 11.7. The van der Waals surface area contributed by atoms with Crippen molar-refractivity contribution in [2.45, 2.75) is 19.4 Å². The molecule has 3 N–H and O–H groups in total. The third-order valence-electron chi connectivity index (χ3n) is 2.78. The van der Waals surface area contributed by atoms with Gasteiger partial charge in [0.15, 0.2) is 17.6 Å². The van der Waals surface area contributed by atoms with Gasteiger partial charge in [-0.2, -0.15) is 0 Å². The van der Waals surface area contributed by atoms with Gasteiger partial charge in [0.2, 0.25) is 0 Å². The summed E-state index contributed by atoms with van der Waals surface area (Å²) in [6, 6.07) is 10.9. The summed E-state index contributed by atoms with van der Waals surface area (Å²) in [6.45, 7) is 1.80. The zero-order valence-corrected chi connectivity index (χ0v) is 10.1. The van der Waals surface area contributed by atoms with Crippen molar-refractivity contribution >= 4 is 16.7 Å². The molecule has 94 valence electrons. The second-order valence-electron chi connectivity index (χ2n) is 4.08. The van der Waals surface area contributed by atoms with Crippen LogP contribution in [0.1, 0.15) is 13.3 Å². The van der Waals surface area contributed by atoms with Crippen LogP contribution in [0.5, 0.6) is 11.5 Å². The van der Waals surface area contributed by atoms with E-state index in [-0.39, 0.29) is 11.5 Å². The van der Waals surface area contributed by atoms with Gasteiger partial charge in [-0.05, 0) is 29.3 Å². The first-order valence-corrected chi connectivity index (χ1v) is 5.79. The molecule has 2 aromatic carbocycles. The summed E-state index contributed by atoms with van der Waals surface area (Å²) in [6.07, 6.45) is -0.265. The van der Waals surface area contributed by atoms with Crippen LogP contribution in [-0.4, -0.2) is 17.1 Å². The Kier molecular flexibility index (Phi) is 3.37. The van der Waals surface area contributed by atoms with E-state index in [0.29, 0.717) is 6.42 Å². The minimum Gasteiger partial charge on any atom is -0.504 e. The van der Waals surface area contributed by atoms with Crippen LogP contribution < -0.4 is 10.5 Å². The topological polar surface area (TPSA) is 72.6 Å². The number of hydrogen-bond donors (Lipinski definition) is 2. The second-order valence-corrected chi connectivity index (χ2v) is 4.08. The maximum atomic E-state index is 11.1. The third-order valence-corrected chi connectivity index (χ3v) is 2.78. The fraction of sp³-hybridized carbons (Fsp3) is 0.214. The van der Waals surface area contributed by atoms with Crippen LogP contribution in [-0.2, 0) is 4.79 Å². The number of amides is 1. The Morgan fingerprint density at radius 3 is 2.50 bits per heavy atom. The van der Waals surface area contributed by atoms with Crippen LogP contribution in [0.15, 0.2) is 36.4 Å². The number of fused-ring (bicyclic) bond motifs is 1. The highest BCUT2D eigenvalue weighted by Gasteiger charge is 2.16. The molecule has 1 atom stereocenters. The Morgan fingerprint density at radius 1 is 1.33 bits per heavy atom. The molecule has 0 heterocycles. The number of primary amides is 1. The highest BCUT2D eigenvalue weighted by molar-refractivity contribution is 5.86. The van der Waals surface area contributed by atoms with Crippen LogP contribution in [0.2, 0.25) is 0 Å². The lowest BCUT2D eigenvalue weighted by Gasteiger charge is -2.15. The number of benzene rings is 2. The lowest BCUT2D eigenvalue weighted by Crippen LogP contribution is -2.32. The van der Waals surface area contributed by atoms with Crippen molar-refractivity contribution in [2.75, 3.05) is 0 Å². The van der Waals surface area contributed by atoms with Gasteiger partial charge in [0.05, 0.1) is 0 Å². The molecule has 1 amide bonds. The first-order valence-electron chi connectivity index (χ1n) is 5.79. The molecule has 18 heavy (non-hydrogen) atoms. The van der Waals surface area contributed by atoms with Gasteiger partial charge in [-0.1, -0.05) is 31.2 Å². The Hall–Kier alpha value is -2.23. The van der Waals surface area contributed by atoms with Gasteiger partial charge in [-0.3, -0.25) is 4.79 Å². The summed E-state index contributed by atoms with van der Waals surface area (Å²) in [5.74, 6) is -0.252. The Balaban J connectivity index is 2.38.